The fraction of sp³-hybridized carbons (Fsp3) is 0.722. The van der Waals surface area contributed by atoms with Crippen molar-refractivity contribution in [3.8, 4) is 0 Å². The van der Waals surface area contributed by atoms with E-state index >= 15 is 0 Å². The number of nitrogens with zero attached hydrogens (tertiary/aromatic N) is 4. The molecule has 0 saturated carbocycles. The van der Waals surface area contributed by atoms with E-state index < -0.39 is 0 Å². The molecule has 4 rings (SSSR count). The van der Waals surface area contributed by atoms with Crippen LogP contribution in [0.2, 0.25) is 0 Å². The molecule has 7 heteroatoms. The maximum Gasteiger partial charge on any atom is 0.273 e. The summed E-state index contributed by atoms with van der Waals surface area (Å²) >= 11 is 0. The molecule has 0 aliphatic carbocycles. The van der Waals surface area contributed by atoms with Crippen LogP contribution in [-0.2, 0) is 17.7 Å². The molecule has 2 fully saturated rings. The molecular weight excluding hydrogens is 318 g/mol. The number of carbonyl (C=O) groups is 1. The second kappa shape index (κ2) is 7.25. The van der Waals surface area contributed by atoms with Crippen molar-refractivity contribution in [3.05, 3.63) is 17.0 Å². The molecule has 7 nitrogen and oxygen atoms in total. The Morgan fingerprint density at radius 1 is 1.28 bits per heavy atom. The molecule has 4 heterocycles. The summed E-state index contributed by atoms with van der Waals surface area (Å²) in [5, 5.41) is 3.01. The lowest BCUT2D eigenvalue weighted by Crippen LogP contribution is -2.38. The van der Waals surface area contributed by atoms with Crippen LogP contribution in [0.5, 0.6) is 0 Å². The zero-order chi connectivity index (χ0) is 17.2. The summed E-state index contributed by atoms with van der Waals surface area (Å²) < 4.78 is 5.51. The minimum Gasteiger partial charge on any atom is -0.381 e. The molecule has 25 heavy (non-hydrogen) atoms. The Bertz CT molecular complexity index is 639. The first-order valence-corrected chi connectivity index (χ1v) is 9.41. The highest BCUT2D eigenvalue weighted by molar-refractivity contribution is 5.94. The molecule has 1 aromatic rings. The zero-order valence-corrected chi connectivity index (χ0v) is 15.0. The minimum atomic E-state index is 0.0682. The van der Waals surface area contributed by atoms with Crippen molar-refractivity contribution in [1.29, 1.82) is 0 Å². The van der Waals surface area contributed by atoms with Crippen molar-refractivity contribution in [1.82, 2.24) is 19.8 Å². The number of hydrogen-bond donors (Lipinski definition) is 1. The number of aromatic nitrogens is 2. The third kappa shape index (κ3) is 3.48. The van der Waals surface area contributed by atoms with Gasteiger partial charge in [0.05, 0.1) is 12.3 Å². The Morgan fingerprint density at radius 3 is 2.84 bits per heavy atom. The van der Waals surface area contributed by atoms with Gasteiger partial charge in [0.1, 0.15) is 5.69 Å². The third-order valence-electron chi connectivity index (χ3n) is 5.50. The predicted molar refractivity (Wildman–Crippen MR) is 94.6 cm³/mol. The molecule has 136 valence electrons. The predicted octanol–water partition coefficient (Wildman–Crippen LogP) is 1.15. The highest BCUT2D eigenvalue weighted by Gasteiger charge is 2.30. The molecule has 1 unspecified atom stereocenters. The first-order valence-electron chi connectivity index (χ1n) is 9.41. The lowest BCUT2D eigenvalue weighted by molar-refractivity contribution is 0.0782. The number of fused-ring (bicyclic) bond motifs is 1. The van der Waals surface area contributed by atoms with E-state index in [1.165, 1.54) is 0 Å². The van der Waals surface area contributed by atoms with Crippen molar-refractivity contribution < 1.29 is 9.53 Å². The molecule has 1 atom stereocenters. The molecule has 3 aliphatic heterocycles. The van der Waals surface area contributed by atoms with Crippen molar-refractivity contribution >= 4 is 11.9 Å². The average molecular weight is 345 g/mol. The highest BCUT2D eigenvalue weighted by atomic mass is 16.5. The van der Waals surface area contributed by atoms with E-state index in [2.05, 4.69) is 20.2 Å². The van der Waals surface area contributed by atoms with Gasteiger partial charge in [-0.1, -0.05) is 0 Å². The van der Waals surface area contributed by atoms with Crippen LogP contribution in [0.25, 0.3) is 0 Å². The van der Waals surface area contributed by atoms with Gasteiger partial charge in [-0.25, -0.2) is 9.97 Å². The Hall–Kier alpha value is -1.73. The second-order valence-corrected chi connectivity index (χ2v) is 7.29. The van der Waals surface area contributed by atoms with E-state index in [1.807, 2.05) is 4.90 Å². The number of nitrogens with one attached hydrogen (secondary N) is 1. The SMILES string of the molecule is CNc1nc2c(c(C(=O)N3CCCC3)n1)CN(CC1CCOC1)CC2. The number of rotatable bonds is 4. The normalized spacial score (nSPS) is 23.7. The Balaban J connectivity index is 1.59. The maximum atomic E-state index is 13.0. The van der Waals surface area contributed by atoms with E-state index in [-0.39, 0.29) is 5.91 Å². The van der Waals surface area contributed by atoms with Crippen molar-refractivity contribution in [2.45, 2.75) is 32.2 Å². The number of ether oxygens (including phenoxy) is 1. The summed E-state index contributed by atoms with van der Waals surface area (Å²) in [7, 11) is 1.81. The smallest absolute Gasteiger partial charge is 0.273 e. The van der Waals surface area contributed by atoms with Gasteiger partial charge < -0.3 is 15.0 Å². The number of carbonyl (C=O) groups excluding carboxylic acids is 1. The van der Waals surface area contributed by atoms with Crippen LogP contribution in [0.1, 0.15) is 41.0 Å². The van der Waals surface area contributed by atoms with Gasteiger partial charge in [-0.2, -0.15) is 0 Å². The van der Waals surface area contributed by atoms with Gasteiger partial charge in [0.25, 0.3) is 5.91 Å². The maximum absolute atomic E-state index is 13.0. The zero-order valence-electron chi connectivity index (χ0n) is 15.0. The summed E-state index contributed by atoms with van der Waals surface area (Å²) in [6, 6.07) is 0. The van der Waals surface area contributed by atoms with Gasteiger partial charge in [0, 0.05) is 58.4 Å². The fourth-order valence-corrected chi connectivity index (χ4v) is 4.08. The highest BCUT2D eigenvalue weighted by Crippen LogP contribution is 2.25. The monoisotopic (exact) mass is 345 g/mol. The van der Waals surface area contributed by atoms with Crippen LogP contribution in [0.3, 0.4) is 0 Å². The molecule has 1 aromatic heterocycles. The van der Waals surface area contributed by atoms with Crippen molar-refractivity contribution in [2.24, 2.45) is 5.92 Å². The molecule has 1 N–H and O–H groups in total. The molecule has 0 aromatic carbocycles. The Kier molecular flexibility index (Phi) is 4.85. The number of hydrogen-bond acceptors (Lipinski definition) is 6. The van der Waals surface area contributed by atoms with Crippen LogP contribution in [0, 0.1) is 5.92 Å². The molecule has 1 amide bonds. The third-order valence-corrected chi connectivity index (χ3v) is 5.50. The van der Waals surface area contributed by atoms with E-state index in [0.717, 1.165) is 82.9 Å². The Labute approximate surface area is 148 Å². The Morgan fingerprint density at radius 2 is 2.12 bits per heavy atom. The van der Waals surface area contributed by atoms with E-state index in [0.29, 0.717) is 17.6 Å². The fourth-order valence-electron chi connectivity index (χ4n) is 4.08. The summed E-state index contributed by atoms with van der Waals surface area (Å²) in [5.41, 5.74) is 2.66. The molecule has 0 spiro atoms. The van der Waals surface area contributed by atoms with E-state index in [9.17, 15) is 4.79 Å². The minimum absolute atomic E-state index is 0.0682. The van der Waals surface area contributed by atoms with Crippen LogP contribution in [0.4, 0.5) is 5.95 Å². The number of anilines is 1. The molecular formula is C18H27N5O2. The summed E-state index contributed by atoms with van der Waals surface area (Å²) in [6.07, 6.45) is 4.19. The van der Waals surface area contributed by atoms with Gasteiger partial charge in [0.2, 0.25) is 5.95 Å². The quantitative estimate of drug-likeness (QED) is 0.883. The summed E-state index contributed by atoms with van der Waals surface area (Å²) in [6.45, 7) is 6.21. The largest absolute Gasteiger partial charge is 0.381 e. The van der Waals surface area contributed by atoms with E-state index in [4.69, 9.17) is 4.74 Å². The second-order valence-electron chi connectivity index (χ2n) is 7.29. The molecule has 0 radical (unpaired) electrons. The van der Waals surface area contributed by atoms with Gasteiger partial charge in [0.15, 0.2) is 0 Å². The van der Waals surface area contributed by atoms with Crippen molar-refractivity contribution in [2.75, 3.05) is 51.8 Å². The first kappa shape index (κ1) is 16.7. The van der Waals surface area contributed by atoms with Gasteiger partial charge in [-0.05, 0) is 25.2 Å². The number of amides is 1. The average Bonchev–Trinajstić information content (AvgIpc) is 3.34. The van der Waals surface area contributed by atoms with Crippen LogP contribution >= 0.6 is 0 Å². The van der Waals surface area contributed by atoms with Crippen LogP contribution < -0.4 is 5.32 Å². The van der Waals surface area contributed by atoms with Crippen LogP contribution in [0.15, 0.2) is 0 Å². The van der Waals surface area contributed by atoms with Gasteiger partial charge in [-0.3, -0.25) is 9.69 Å². The molecule has 0 bridgehead atoms. The first-order chi connectivity index (χ1) is 12.2. The van der Waals surface area contributed by atoms with Crippen LogP contribution in [-0.4, -0.2) is 72.1 Å². The van der Waals surface area contributed by atoms with Gasteiger partial charge >= 0.3 is 0 Å². The summed E-state index contributed by atoms with van der Waals surface area (Å²) in [5.74, 6) is 1.23. The van der Waals surface area contributed by atoms with Gasteiger partial charge in [-0.15, -0.1) is 0 Å². The standard InChI is InChI=1S/C18H27N5O2/c1-19-18-20-15-4-8-22(10-13-5-9-25-12-13)11-14(15)16(21-18)17(24)23-6-2-3-7-23/h13H,2-12H2,1H3,(H,19,20,21). The lowest BCUT2D eigenvalue weighted by Gasteiger charge is -2.31. The molecule has 2 saturated heterocycles. The van der Waals surface area contributed by atoms with E-state index in [1.54, 1.807) is 7.05 Å². The summed E-state index contributed by atoms with van der Waals surface area (Å²) in [4.78, 5) is 26.6. The topological polar surface area (TPSA) is 70.6 Å². The van der Waals surface area contributed by atoms with Crippen molar-refractivity contribution in [3.63, 3.8) is 0 Å². The number of likely N-dealkylation sites (tertiary alicyclic amines) is 1. The molecule has 3 aliphatic rings. The lowest BCUT2D eigenvalue weighted by atomic mass is 10.0.